The van der Waals surface area contributed by atoms with Gasteiger partial charge in [-0.2, -0.15) is 0 Å². The maximum atomic E-state index is 5.95. The molecule has 0 spiro atoms. The largest absolute Gasteiger partial charge is 0.494 e. The van der Waals surface area contributed by atoms with Gasteiger partial charge in [0.25, 0.3) is 0 Å². The summed E-state index contributed by atoms with van der Waals surface area (Å²) in [6.07, 6.45) is -0.0597. The van der Waals surface area contributed by atoms with E-state index in [1.807, 2.05) is 62.4 Å². The normalized spacial score (nSPS) is 11.8. The highest BCUT2D eigenvalue weighted by atomic mass is 127. The summed E-state index contributed by atoms with van der Waals surface area (Å²) >= 11 is 0. The van der Waals surface area contributed by atoms with Crippen LogP contribution in [-0.2, 0) is 6.54 Å². The Bertz CT molecular complexity index is 740. The number of guanidine groups is 1. The molecular formula is C21H30IN3O3. The summed E-state index contributed by atoms with van der Waals surface area (Å²) in [4.78, 5) is 4.26. The Balaban J connectivity index is 0.00000392. The zero-order valence-corrected chi connectivity index (χ0v) is 19.2. The van der Waals surface area contributed by atoms with E-state index in [0.29, 0.717) is 25.7 Å². The molecule has 0 heterocycles. The quantitative estimate of drug-likeness (QED) is 0.312. The van der Waals surface area contributed by atoms with Gasteiger partial charge in [-0.05, 0) is 32.0 Å². The van der Waals surface area contributed by atoms with E-state index in [2.05, 4.69) is 15.6 Å². The van der Waals surface area contributed by atoms with Crippen molar-refractivity contribution in [3.8, 4) is 17.2 Å². The molecule has 0 amide bonds. The van der Waals surface area contributed by atoms with Crippen LogP contribution in [0.25, 0.3) is 0 Å². The molecule has 0 aliphatic heterocycles. The van der Waals surface area contributed by atoms with Crippen molar-refractivity contribution >= 4 is 29.9 Å². The van der Waals surface area contributed by atoms with Crippen LogP contribution in [0.3, 0.4) is 0 Å². The first kappa shape index (κ1) is 23.9. The number of halogens is 1. The maximum absolute atomic E-state index is 5.95. The Hall–Kier alpha value is -2.16. The van der Waals surface area contributed by atoms with Crippen molar-refractivity contribution in [1.82, 2.24) is 10.6 Å². The number of hydrogen-bond donors (Lipinski definition) is 2. The number of benzene rings is 2. The molecule has 1 atom stereocenters. The summed E-state index contributed by atoms with van der Waals surface area (Å²) in [5.41, 5.74) is 1.08. The number of ether oxygens (including phenoxy) is 3. The lowest BCUT2D eigenvalue weighted by Crippen LogP contribution is -2.41. The minimum atomic E-state index is -0.0597. The van der Waals surface area contributed by atoms with Gasteiger partial charge < -0.3 is 24.8 Å². The lowest BCUT2D eigenvalue weighted by atomic mass is 10.2. The van der Waals surface area contributed by atoms with Crippen LogP contribution in [0.4, 0.5) is 0 Å². The molecule has 0 aromatic heterocycles. The highest BCUT2D eigenvalue weighted by Gasteiger charge is 2.10. The summed E-state index contributed by atoms with van der Waals surface area (Å²) in [7, 11) is 3.38. The average Bonchev–Trinajstić information content (AvgIpc) is 2.70. The Labute approximate surface area is 184 Å². The number of nitrogens with one attached hydrogen (secondary N) is 2. The van der Waals surface area contributed by atoms with Crippen LogP contribution in [0, 0.1) is 0 Å². The van der Waals surface area contributed by atoms with Crippen LogP contribution in [0.15, 0.2) is 53.5 Å². The second-order valence-electron chi connectivity index (χ2n) is 5.93. The van der Waals surface area contributed by atoms with Crippen molar-refractivity contribution in [3.05, 3.63) is 54.1 Å². The summed E-state index contributed by atoms with van der Waals surface area (Å²) in [5, 5.41) is 6.59. The number of nitrogens with zero attached hydrogens (tertiary/aromatic N) is 1. The van der Waals surface area contributed by atoms with Crippen molar-refractivity contribution in [2.75, 3.05) is 27.3 Å². The Morgan fingerprint density at radius 3 is 2.29 bits per heavy atom. The van der Waals surface area contributed by atoms with E-state index >= 15 is 0 Å². The van der Waals surface area contributed by atoms with E-state index in [-0.39, 0.29) is 30.1 Å². The van der Waals surface area contributed by atoms with Crippen molar-refractivity contribution in [2.45, 2.75) is 26.5 Å². The van der Waals surface area contributed by atoms with Crippen molar-refractivity contribution in [1.29, 1.82) is 0 Å². The molecule has 2 N–H and O–H groups in total. The molecule has 0 saturated carbocycles. The molecule has 0 radical (unpaired) electrons. The number of rotatable bonds is 9. The molecule has 2 aromatic rings. The molecule has 0 bridgehead atoms. The van der Waals surface area contributed by atoms with Gasteiger partial charge in [0, 0.05) is 19.2 Å². The standard InChI is InChI=1S/C21H29N3O3.HI/c1-5-26-18-11-7-6-10-17(18)15-24-21(22-3)23-14-16(2)27-20-13-9-8-12-19(20)25-4;/h6-13,16H,5,14-15H2,1-4H3,(H2,22,23,24);1H. The average molecular weight is 499 g/mol. The third kappa shape index (κ3) is 7.46. The summed E-state index contributed by atoms with van der Waals surface area (Å²) in [6, 6.07) is 15.6. The van der Waals surface area contributed by atoms with Crippen molar-refractivity contribution in [3.63, 3.8) is 0 Å². The van der Waals surface area contributed by atoms with E-state index in [9.17, 15) is 0 Å². The lowest BCUT2D eigenvalue weighted by Gasteiger charge is -2.19. The van der Waals surface area contributed by atoms with E-state index < -0.39 is 0 Å². The van der Waals surface area contributed by atoms with Crippen LogP contribution < -0.4 is 24.8 Å². The maximum Gasteiger partial charge on any atom is 0.191 e. The number of para-hydroxylation sites is 3. The Morgan fingerprint density at radius 2 is 1.64 bits per heavy atom. The summed E-state index contributed by atoms with van der Waals surface area (Å²) < 4.78 is 16.9. The number of aliphatic imine (C=N–C) groups is 1. The second kappa shape index (κ2) is 13.1. The zero-order valence-electron chi connectivity index (χ0n) is 16.9. The SMILES string of the molecule is CCOc1ccccc1CNC(=NC)NCC(C)Oc1ccccc1OC.I. The van der Waals surface area contributed by atoms with Gasteiger partial charge in [0.15, 0.2) is 17.5 Å². The fourth-order valence-electron chi connectivity index (χ4n) is 2.56. The molecule has 0 aliphatic rings. The van der Waals surface area contributed by atoms with Crippen LogP contribution in [0.1, 0.15) is 19.4 Å². The third-order valence-corrected chi connectivity index (χ3v) is 3.90. The van der Waals surface area contributed by atoms with Crippen molar-refractivity contribution < 1.29 is 14.2 Å². The molecular weight excluding hydrogens is 469 g/mol. The smallest absolute Gasteiger partial charge is 0.191 e. The van der Waals surface area contributed by atoms with Gasteiger partial charge in [0.1, 0.15) is 11.9 Å². The van der Waals surface area contributed by atoms with E-state index in [1.165, 1.54) is 0 Å². The van der Waals surface area contributed by atoms with Crippen LogP contribution in [0.5, 0.6) is 17.2 Å². The van der Waals surface area contributed by atoms with Gasteiger partial charge in [-0.25, -0.2) is 0 Å². The van der Waals surface area contributed by atoms with Crippen LogP contribution in [-0.4, -0.2) is 39.4 Å². The fourth-order valence-corrected chi connectivity index (χ4v) is 2.56. The lowest BCUT2D eigenvalue weighted by molar-refractivity contribution is 0.213. The molecule has 28 heavy (non-hydrogen) atoms. The topological polar surface area (TPSA) is 64.1 Å². The molecule has 0 saturated heterocycles. The summed E-state index contributed by atoms with van der Waals surface area (Å²) in [6.45, 7) is 5.84. The first-order chi connectivity index (χ1) is 13.2. The molecule has 0 fully saturated rings. The highest BCUT2D eigenvalue weighted by molar-refractivity contribution is 14.0. The van der Waals surface area contributed by atoms with E-state index in [4.69, 9.17) is 14.2 Å². The number of hydrogen-bond acceptors (Lipinski definition) is 4. The van der Waals surface area contributed by atoms with Gasteiger partial charge in [0.05, 0.1) is 20.3 Å². The minimum Gasteiger partial charge on any atom is -0.494 e. The van der Waals surface area contributed by atoms with E-state index in [1.54, 1.807) is 14.2 Å². The Kier molecular flexibility index (Phi) is 11.2. The van der Waals surface area contributed by atoms with Gasteiger partial charge in [-0.3, -0.25) is 4.99 Å². The fraction of sp³-hybridized carbons (Fsp3) is 0.381. The Morgan fingerprint density at radius 1 is 1.00 bits per heavy atom. The molecule has 1 unspecified atom stereocenters. The minimum absolute atomic E-state index is 0. The van der Waals surface area contributed by atoms with Gasteiger partial charge in [-0.1, -0.05) is 30.3 Å². The third-order valence-electron chi connectivity index (χ3n) is 3.90. The predicted molar refractivity (Wildman–Crippen MR) is 124 cm³/mol. The van der Waals surface area contributed by atoms with Crippen LogP contribution in [0.2, 0.25) is 0 Å². The molecule has 2 rings (SSSR count). The van der Waals surface area contributed by atoms with Gasteiger partial charge in [0.2, 0.25) is 0 Å². The molecule has 6 nitrogen and oxygen atoms in total. The molecule has 2 aromatic carbocycles. The first-order valence-electron chi connectivity index (χ1n) is 9.12. The van der Waals surface area contributed by atoms with Crippen molar-refractivity contribution in [2.24, 2.45) is 4.99 Å². The van der Waals surface area contributed by atoms with Gasteiger partial charge in [-0.15, -0.1) is 24.0 Å². The molecule has 0 aliphatic carbocycles. The first-order valence-corrected chi connectivity index (χ1v) is 9.12. The predicted octanol–water partition coefficient (Wildman–Crippen LogP) is 3.84. The zero-order chi connectivity index (χ0) is 19.5. The van der Waals surface area contributed by atoms with Crippen LogP contribution >= 0.6 is 24.0 Å². The monoisotopic (exact) mass is 499 g/mol. The van der Waals surface area contributed by atoms with Gasteiger partial charge >= 0.3 is 0 Å². The van der Waals surface area contributed by atoms with E-state index in [0.717, 1.165) is 22.8 Å². The highest BCUT2D eigenvalue weighted by Crippen LogP contribution is 2.26. The number of methoxy groups -OCH3 is 1. The molecule has 7 heteroatoms. The molecule has 154 valence electrons. The second-order valence-corrected chi connectivity index (χ2v) is 5.93. The summed E-state index contributed by atoms with van der Waals surface area (Å²) in [5.74, 6) is 3.04.